The predicted molar refractivity (Wildman–Crippen MR) is 235 cm³/mol. The van der Waals surface area contributed by atoms with Crippen molar-refractivity contribution in [3.05, 3.63) is 69.3 Å². The predicted octanol–water partition coefficient (Wildman–Crippen LogP) is 2.29. The van der Waals surface area contributed by atoms with Gasteiger partial charge in [-0.1, -0.05) is 18.2 Å². The van der Waals surface area contributed by atoms with Gasteiger partial charge in [0.2, 0.25) is 39.6 Å². The Hall–Kier alpha value is -6.00. The van der Waals surface area contributed by atoms with E-state index in [1.165, 1.54) is 10.4 Å². The molecular weight excluding hydrogens is 902 g/mol. The number of aryl methyl sites for hydroxylation is 1. The Kier molecular flexibility index (Phi) is 15.4. The van der Waals surface area contributed by atoms with E-state index in [0.717, 1.165) is 16.9 Å². The molecule has 1 aromatic heterocycles. The molecule has 3 aliphatic rings. The molecule has 0 aliphatic carbocycles. The minimum absolute atomic E-state index is 0.0367. The molecular formula is C41H50BrN11O9S. The second-order valence-corrected chi connectivity index (χ2v) is 18.3. The molecule has 1 unspecified atom stereocenters. The molecule has 2 fully saturated rings. The Morgan fingerprint density at radius 3 is 2.29 bits per heavy atom. The van der Waals surface area contributed by atoms with E-state index in [9.17, 15) is 42.0 Å². The highest BCUT2D eigenvalue weighted by atomic mass is 79.9. The normalized spacial score (nSPS) is 16.9. The first kappa shape index (κ1) is 46.5. The van der Waals surface area contributed by atoms with Crippen molar-refractivity contribution >= 4 is 90.4 Å². The number of rotatable bonds is 20. The van der Waals surface area contributed by atoms with Gasteiger partial charge in [-0.3, -0.25) is 43.8 Å². The first-order chi connectivity index (χ1) is 30.1. The van der Waals surface area contributed by atoms with E-state index in [0.29, 0.717) is 71.9 Å². The number of imide groups is 2. The van der Waals surface area contributed by atoms with Crippen LogP contribution in [-0.2, 0) is 29.2 Å². The highest BCUT2D eigenvalue weighted by molar-refractivity contribution is 9.10. The average Bonchev–Trinajstić information content (AvgIpc) is 3.49. The molecule has 1 atom stereocenters. The highest BCUT2D eigenvalue weighted by Crippen LogP contribution is 2.33. The number of nitrogens with two attached hydrogens (primary N) is 1. The number of anilines is 4. The summed E-state index contributed by atoms with van der Waals surface area (Å²) in [7, 11) is -3.65. The third-order valence-electron chi connectivity index (χ3n) is 10.9. The van der Waals surface area contributed by atoms with Gasteiger partial charge < -0.3 is 32.3 Å². The summed E-state index contributed by atoms with van der Waals surface area (Å²) < 4.78 is 28.1. The lowest BCUT2D eigenvalue weighted by atomic mass is 10.0. The molecule has 22 heteroatoms. The van der Waals surface area contributed by atoms with Crippen molar-refractivity contribution in [2.24, 2.45) is 5.73 Å². The SMILES string of the molecule is Cc1cccc(Nc2nc(NC3CCN(S(=O)(=O)CCNC(=O)CCC(=O)NCCCCCNc4cccc5c4C(=O)N(C4CCC(=O)NC4=O)C5=O)CC3)ncc2Br)c1C(N)=O. The number of piperidine rings is 2. The van der Waals surface area contributed by atoms with Crippen molar-refractivity contribution in [2.75, 3.05) is 54.4 Å². The van der Waals surface area contributed by atoms with E-state index >= 15 is 0 Å². The molecule has 3 aromatic rings. The van der Waals surface area contributed by atoms with Crippen LogP contribution in [0, 0.1) is 6.92 Å². The van der Waals surface area contributed by atoms with Crippen LogP contribution < -0.4 is 37.6 Å². The molecule has 63 heavy (non-hydrogen) atoms. The summed E-state index contributed by atoms with van der Waals surface area (Å²) >= 11 is 3.43. The van der Waals surface area contributed by atoms with E-state index in [1.54, 1.807) is 43.5 Å². The Morgan fingerprint density at radius 1 is 0.889 bits per heavy atom. The van der Waals surface area contributed by atoms with Crippen molar-refractivity contribution in [1.29, 1.82) is 0 Å². The van der Waals surface area contributed by atoms with Crippen LogP contribution in [0.3, 0.4) is 0 Å². The Morgan fingerprint density at radius 2 is 1.57 bits per heavy atom. The molecule has 336 valence electrons. The maximum Gasteiger partial charge on any atom is 0.264 e. The number of halogens is 1. The van der Waals surface area contributed by atoms with Gasteiger partial charge in [0.05, 0.1) is 32.6 Å². The third kappa shape index (κ3) is 11.7. The fraction of sp³-hybridized carbons (Fsp3) is 0.439. The second-order valence-electron chi connectivity index (χ2n) is 15.4. The average molecular weight is 953 g/mol. The van der Waals surface area contributed by atoms with Crippen LogP contribution in [-0.4, -0.2) is 120 Å². The maximum atomic E-state index is 13.3. The number of aromatic nitrogens is 2. The van der Waals surface area contributed by atoms with Crippen LogP contribution in [0.2, 0.25) is 0 Å². The van der Waals surface area contributed by atoms with Gasteiger partial charge in [-0.2, -0.15) is 4.98 Å². The smallest absolute Gasteiger partial charge is 0.264 e. The number of hydrogen-bond acceptors (Lipinski definition) is 14. The van der Waals surface area contributed by atoms with E-state index in [1.807, 2.05) is 0 Å². The van der Waals surface area contributed by atoms with E-state index in [2.05, 4.69) is 57.8 Å². The summed E-state index contributed by atoms with van der Waals surface area (Å²) in [5, 5.41) is 17.2. The number of sulfonamides is 1. The Labute approximate surface area is 372 Å². The van der Waals surface area contributed by atoms with Crippen molar-refractivity contribution in [3.63, 3.8) is 0 Å². The fourth-order valence-electron chi connectivity index (χ4n) is 7.60. The summed E-state index contributed by atoms with van der Waals surface area (Å²) in [6.45, 7) is 3.10. The summed E-state index contributed by atoms with van der Waals surface area (Å²) in [6.07, 6.45) is 4.61. The zero-order valence-electron chi connectivity index (χ0n) is 34.6. The van der Waals surface area contributed by atoms with Gasteiger partial charge in [-0.25, -0.2) is 17.7 Å². The number of carbonyl (C=O) groups is 7. The minimum atomic E-state index is -3.65. The largest absolute Gasteiger partial charge is 0.384 e. The number of benzene rings is 2. The number of hydrogen-bond donors (Lipinski definition) is 7. The van der Waals surface area contributed by atoms with Crippen LogP contribution >= 0.6 is 15.9 Å². The number of carbonyl (C=O) groups excluding carboxylic acids is 7. The quantitative estimate of drug-likeness (QED) is 0.0633. The number of nitrogens with zero attached hydrogens (tertiary/aromatic N) is 4. The van der Waals surface area contributed by atoms with Crippen LogP contribution in [0.15, 0.2) is 47.1 Å². The molecule has 0 spiro atoms. The fourth-order valence-corrected chi connectivity index (χ4v) is 9.28. The van der Waals surface area contributed by atoms with E-state index in [-0.39, 0.29) is 74.1 Å². The highest BCUT2D eigenvalue weighted by Gasteiger charge is 2.45. The monoisotopic (exact) mass is 951 g/mol. The first-order valence-corrected chi connectivity index (χ1v) is 23.1. The Balaban J connectivity index is 0.827. The third-order valence-corrected chi connectivity index (χ3v) is 13.4. The van der Waals surface area contributed by atoms with Crippen LogP contribution in [0.5, 0.6) is 0 Å². The number of fused-ring (bicyclic) bond motifs is 1. The molecule has 20 nitrogen and oxygen atoms in total. The lowest BCUT2D eigenvalue weighted by Crippen LogP contribution is -2.54. The number of primary amides is 1. The first-order valence-electron chi connectivity index (χ1n) is 20.7. The van der Waals surface area contributed by atoms with Crippen molar-refractivity contribution < 1.29 is 42.0 Å². The molecule has 7 amide bonds. The zero-order valence-corrected chi connectivity index (χ0v) is 37.0. The van der Waals surface area contributed by atoms with Gasteiger partial charge in [0.25, 0.3) is 17.7 Å². The molecule has 0 radical (unpaired) electrons. The van der Waals surface area contributed by atoms with Gasteiger partial charge in [0, 0.05) is 69.9 Å². The number of unbranched alkanes of at least 4 members (excludes halogenated alkanes) is 2. The summed E-state index contributed by atoms with van der Waals surface area (Å²) in [5.74, 6) is -3.12. The van der Waals surface area contributed by atoms with Gasteiger partial charge in [-0.05, 0) is 85.1 Å². The summed E-state index contributed by atoms with van der Waals surface area (Å²) in [4.78, 5) is 96.8. The van der Waals surface area contributed by atoms with Crippen molar-refractivity contribution in [1.82, 2.24) is 35.1 Å². The molecule has 2 aromatic carbocycles. The summed E-state index contributed by atoms with van der Waals surface area (Å²) in [5.41, 5.74) is 8.02. The molecule has 8 N–H and O–H groups in total. The van der Waals surface area contributed by atoms with E-state index in [4.69, 9.17) is 5.73 Å². The minimum Gasteiger partial charge on any atom is -0.384 e. The molecule has 0 bridgehead atoms. The van der Waals surface area contributed by atoms with Gasteiger partial charge in [0.15, 0.2) is 0 Å². The van der Waals surface area contributed by atoms with Crippen molar-refractivity contribution in [2.45, 2.75) is 76.8 Å². The van der Waals surface area contributed by atoms with Crippen LogP contribution in [0.25, 0.3) is 0 Å². The van der Waals surface area contributed by atoms with Crippen molar-refractivity contribution in [3.8, 4) is 0 Å². The number of amides is 7. The Bertz CT molecular complexity index is 2390. The van der Waals surface area contributed by atoms with Crippen LogP contribution in [0.4, 0.5) is 23.1 Å². The van der Waals surface area contributed by atoms with Gasteiger partial charge in [0.1, 0.15) is 11.9 Å². The number of nitrogens with one attached hydrogen (secondary N) is 6. The van der Waals surface area contributed by atoms with Gasteiger partial charge in [-0.15, -0.1) is 0 Å². The topological polar surface area (TPSA) is 284 Å². The molecule has 2 saturated heterocycles. The van der Waals surface area contributed by atoms with E-state index < -0.39 is 51.5 Å². The second kappa shape index (κ2) is 20.9. The van der Waals surface area contributed by atoms with Gasteiger partial charge >= 0.3 is 0 Å². The standard InChI is InChI=1S/C41H50BrN11O9S/c1-24-7-5-10-29(34(24)36(43)57)49-37-27(42)23-47-41(51-37)48-25-15-20-52(21-16-25)63(61,62)22-19-46-32(55)14-13-31(54)45-18-4-2-3-17-44-28-9-6-8-26-35(28)40(60)53(39(26)59)30-11-12-33(56)50-38(30)58/h5-10,23,25,30,44H,2-4,11-22H2,1H3,(H2,43,57)(H,45,54)(H,46,55)(H,50,56,58)(H2,47,48,49,51). The van der Waals surface area contributed by atoms with Crippen LogP contribution in [0.1, 0.15) is 94.4 Å². The molecule has 6 rings (SSSR count). The molecule has 4 heterocycles. The molecule has 0 saturated carbocycles. The lowest BCUT2D eigenvalue weighted by Gasteiger charge is -2.31. The zero-order chi connectivity index (χ0) is 45.3. The maximum absolute atomic E-state index is 13.3. The summed E-state index contributed by atoms with van der Waals surface area (Å²) in [6, 6.07) is 9.03. The molecule has 3 aliphatic heterocycles. The lowest BCUT2D eigenvalue weighted by molar-refractivity contribution is -0.136.